The molecule has 0 bridgehead atoms. The van der Waals surface area contributed by atoms with Gasteiger partial charge in [0.15, 0.2) is 0 Å². The first kappa shape index (κ1) is 12.3. The molecule has 0 spiro atoms. The second-order valence-corrected chi connectivity index (χ2v) is 4.11. The second-order valence-electron chi connectivity index (χ2n) is 4.11. The van der Waals surface area contributed by atoms with Crippen LogP contribution in [-0.4, -0.2) is 19.8 Å². The lowest BCUT2D eigenvalue weighted by Crippen LogP contribution is -2.23. The highest BCUT2D eigenvalue weighted by atomic mass is 16.5. The predicted octanol–water partition coefficient (Wildman–Crippen LogP) is 2.67. The summed E-state index contributed by atoms with van der Waals surface area (Å²) >= 11 is 0. The number of nitrogens with zero attached hydrogens (tertiary/aromatic N) is 1. The second kappa shape index (κ2) is 5.97. The Kier molecular flexibility index (Phi) is 4.08. The Morgan fingerprint density at radius 1 is 1.56 bits per heavy atom. The Labute approximate surface area is 107 Å². The van der Waals surface area contributed by atoms with Crippen molar-refractivity contribution in [2.45, 2.75) is 18.9 Å². The Hall–Kier alpha value is -2.15. The van der Waals surface area contributed by atoms with E-state index in [0.29, 0.717) is 11.3 Å². The van der Waals surface area contributed by atoms with Crippen molar-refractivity contribution >= 4 is 5.69 Å². The average molecular weight is 244 g/mol. The lowest BCUT2D eigenvalue weighted by atomic mass is 10.1. The normalized spacial score (nSPS) is 17.7. The molecule has 1 aliphatic rings. The Bertz CT molecular complexity index is 477. The van der Waals surface area contributed by atoms with E-state index < -0.39 is 0 Å². The van der Waals surface area contributed by atoms with Crippen molar-refractivity contribution in [3.05, 3.63) is 36.1 Å². The van der Waals surface area contributed by atoms with Crippen LogP contribution in [0.1, 0.15) is 18.4 Å². The molecule has 4 nitrogen and oxygen atoms in total. The fraction of sp³-hybridized carbons (Fsp3) is 0.357. The molecule has 1 heterocycles. The zero-order chi connectivity index (χ0) is 12.8. The first-order chi connectivity index (χ1) is 8.83. The van der Waals surface area contributed by atoms with Gasteiger partial charge in [-0.05, 0) is 31.1 Å². The van der Waals surface area contributed by atoms with Gasteiger partial charge >= 0.3 is 0 Å². The van der Waals surface area contributed by atoms with Crippen molar-refractivity contribution < 1.29 is 9.47 Å². The molecule has 0 saturated heterocycles. The largest absolute Gasteiger partial charge is 0.497 e. The molecule has 94 valence electrons. The number of ether oxygens (including phenoxy) is 2. The van der Waals surface area contributed by atoms with Gasteiger partial charge in [0.2, 0.25) is 0 Å². The maximum Gasteiger partial charge on any atom is 0.143 e. The van der Waals surface area contributed by atoms with Gasteiger partial charge in [0.05, 0.1) is 37.2 Å². The molecule has 1 unspecified atom stereocenters. The van der Waals surface area contributed by atoms with Crippen LogP contribution >= 0.6 is 0 Å². The molecule has 1 aliphatic heterocycles. The number of nitriles is 1. The van der Waals surface area contributed by atoms with Gasteiger partial charge in [-0.25, -0.2) is 0 Å². The summed E-state index contributed by atoms with van der Waals surface area (Å²) in [5.41, 5.74) is 1.48. The molecule has 0 fully saturated rings. The molecule has 0 saturated carbocycles. The summed E-state index contributed by atoms with van der Waals surface area (Å²) in [4.78, 5) is 0. The van der Waals surface area contributed by atoms with Crippen LogP contribution in [0.3, 0.4) is 0 Å². The van der Waals surface area contributed by atoms with Crippen LogP contribution in [0.4, 0.5) is 5.69 Å². The summed E-state index contributed by atoms with van der Waals surface area (Å²) in [7, 11) is 1.60. The molecule has 1 N–H and O–H groups in total. The van der Waals surface area contributed by atoms with Gasteiger partial charge in [-0.1, -0.05) is 0 Å². The van der Waals surface area contributed by atoms with E-state index in [0.717, 1.165) is 25.1 Å². The standard InChI is InChI=1S/C14H16N2O2/c1-17-14-8-11(9-15)5-6-13(14)16-10-12-4-2-3-7-18-12/h3,5-8,12,16H,2,4,10H2,1H3. The van der Waals surface area contributed by atoms with Crippen molar-refractivity contribution in [3.8, 4) is 11.8 Å². The summed E-state index contributed by atoms with van der Waals surface area (Å²) in [5.74, 6) is 0.681. The molecule has 1 aromatic rings. The molecule has 2 rings (SSSR count). The third-order valence-corrected chi connectivity index (χ3v) is 2.87. The maximum atomic E-state index is 8.83. The number of hydrogen-bond donors (Lipinski definition) is 1. The SMILES string of the molecule is COc1cc(C#N)ccc1NCC1CCC=CO1. The number of methoxy groups -OCH3 is 1. The van der Waals surface area contributed by atoms with Gasteiger partial charge in [0.1, 0.15) is 11.9 Å². The van der Waals surface area contributed by atoms with Crippen LogP contribution in [0.2, 0.25) is 0 Å². The summed E-state index contributed by atoms with van der Waals surface area (Å²) in [6.07, 6.45) is 6.04. The highest BCUT2D eigenvalue weighted by Gasteiger charge is 2.12. The minimum Gasteiger partial charge on any atom is -0.497 e. The molecule has 0 amide bonds. The number of nitrogens with one attached hydrogen (secondary N) is 1. The van der Waals surface area contributed by atoms with E-state index in [9.17, 15) is 0 Å². The van der Waals surface area contributed by atoms with E-state index in [4.69, 9.17) is 14.7 Å². The molecular formula is C14H16N2O2. The van der Waals surface area contributed by atoms with Crippen molar-refractivity contribution in [2.75, 3.05) is 19.0 Å². The van der Waals surface area contributed by atoms with Gasteiger partial charge in [0.25, 0.3) is 0 Å². The van der Waals surface area contributed by atoms with Gasteiger partial charge in [-0.15, -0.1) is 0 Å². The van der Waals surface area contributed by atoms with Crippen LogP contribution in [0.15, 0.2) is 30.5 Å². The summed E-state index contributed by atoms with van der Waals surface area (Å²) in [5, 5.41) is 12.1. The first-order valence-corrected chi connectivity index (χ1v) is 5.96. The molecule has 0 aliphatic carbocycles. The molecule has 1 atom stereocenters. The topological polar surface area (TPSA) is 54.3 Å². The highest BCUT2D eigenvalue weighted by Crippen LogP contribution is 2.25. The van der Waals surface area contributed by atoms with E-state index in [-0.39, 0.29) is 6.10 Å². The fourth-order valence-electron chi connectivity index (χ4n) is 1.87. The van der Waals surface area contributed by atoms with Crippen molar-refractivity contribution in [3.63, 3.8) is 0 Å². The first-order valence-electron chi connectivity index (χ1n) is 5.96. The van der Waals surface area contributed by atoms with E-state index >= 15 is 0 Å². The molecular weight excluding hydrogens is 228 g/mol. The predicted molar refractivity (Wildman–Crippen MR) is 69.4 cm³/mol. The Morgan fingerprint density at radius 3 is 3.11 bits per heavy atom. The molecule has 18 heavy (non-hydrogen) atoms. The van der Waals surface area contributed by atoms with Crippen LogP contribution in [0, 0.1) is 11.3 Å². The lowest BCUT2D eigenvalue weighted by molar-refractivity contribution is 0.135. The lowest BCUT2D eigenvalue weighted by Gasteiger charge is -2.21. The van der Waals surface area contributed by atoms with E-state index in [2.05, 4.69) is 11.4 Å². The number of benzene rings is 1. The average Bonchev–Trinajstić information content (AvgIpc) is 2.46. The van der Waals surface area contributed by atoms with Gasteiger partial charge in [-0.3, -0.25) is 0 Å². The number of anilines is 1. The Morgan fingerprint density at radius 2 is 2.44 bits per heavy atom. The van der Waals surface area contributed by atoms with E-state index in [1.54, 1.807) is 25.5 Å². The number of hydrogen-bond acceptors (Lipinski definition) is 4. The van der Waals surface area contributed by atoms with Crippen molar-refractivity contribution in [1.82, 2.24) is 0 Å². The highest BCUT2D eigenvalue weighted by molar-refractivity contribution is 5.59. The van der Waals surface area contributed by atoms with Gasteiger partial charge < -0.3 is 14.8 Å². The monoisotopic (exact) mass is 244 g/mol. The molecule has 1 aromatic carbocycles. The fourth-order valence-corrected chi connectivity index (χ4v) is 1.87. The summed E-state index contributed by atoms with van der Waals surface area (Å²) in [6.45, 7) is 0.729. The third kappa shape index (κ3) is 2.95. The molecule has 0 radical (unpaired) electrons. The smallest absolute Gasteiger partial charge is 0.143 e. The van der Waals surface area contributed by atoms with Crippen LogP contribution in [0.5, 0.6) is 5.75 Å². The van der Waals surface area contributed by atoms with Gasteiger partial charge in [-0.2, -0.15) is 5.26 Å². The van der Waals surface area contributed by atoms with Crippen LogP contribution < -0.4 is 10.1 Å². The third-order valence-electron chi connectivity index (χ3n) is 2.87. The minimum atomic E-state index is 0.190. The van der Waals surface area contributed by atoms with Gasteiger partial charge in [0, 0.05) is 6.07 Å². The van der Waals surface area contributed by atoms with Crippen LogP contribution in [-0.2, 0) is 4.74 Å². The van der Waals surface area contributed by atoms with Crippen molar-refractivity contribution in [1.29, 1.82) is 5.26 Å². The van der Waals surface area contributed by atoms with E-state index in [1.165, 1.54) is 0 Å². The zero-order valence-electron chi connectivity index (χ0n) is 10.3. The summed E-state index contributed by atoms with van der Waals surface area (Å²) < 4.78 is 10.7. The summed E-state index contributed by atoms with van der Waals surface area (Å²) in [6, 6.07) is 7.45. The van der Waals surface area contributed by atoms with Crippen LogP contribution in [0.25, 0.3) is 0 Å². The Balaban J connectivity index is 2.00. The maximum absolute atomic E-state index is 8.83. The minimum absolute atomic E-state index is 0.190. The van der Waals surface area contributed by atoms with Crippen molar-refractivity contribution in [2.24, 2.45) is 0 Å². The number of rotatable bonds is 4. The molecule has 4 heteroatoms. The quantitative estimate of drug-likeness (QED) is 0.884. The molecule has 0 aromatic heterocycles. The van der Waals surface area contributed by atoms with E-state index in [1.807, 2.05) is 12.1 Å². The zero-order valence-corrected chi connectivity index (χ0v) is 10.3. The number of allylic oxidation sites excluding steroid dienone is 1.